The highest BCUT2D eigenvalue weighted by molar-refractivity contribution is 6.30. The molecule has 0 spiro atoms. The number of nitrogens with one attached hydrogen (secondary N) is 2. The van der Waals surface area contributed by atoms with Crippen LogP contribution in [-0.4, -0.2) is 40.4 Å². The first-order chi connectivity index (χ1) is 11.2. The molecule has 1 unspecified atom stereocenters. The van der Waals surface area contributed by atoms with Gasteiger partial charge >= 0.3 is 0 Å². The Bertz CT molecular complexity index is 627. The molecule has 0 radical (unpaired) electrons. The van der Waals surface area contributed by atoms with Gasteiger partial charge in [-0.2, -0.15) is 0 Å². The number of rotatable bonds is 5. The molecule has 2 N–H and O–H groups in total. The van der Waals surface area contributed by atoms with Crippen molar-refractivity contribution in [1.82, 2.24) is 14.9 Å². The fourth-order valence-corrected chi connectivity index (χ4v) is 3.12. The van der Waals surface area contributed by atoms with Crippen LogP contribution >= 0.6 is 11.6 Å². The molecule has 2 heterocycles. The summed E-state index contributed by atoms with van der Waals surface area (Å²) in [7, 11) is 0. The molecule has 0 bridgehead atoms. The zero-order valence-corrected chi connectivity index (χ0v) is 13.7. The van der Waals surface area contributed by atoms with Gasteiger partial charge in [0.25, 0.3) is 0 Å². The minimum Gasteiger partial charge on any atom is -0.348 e. The Morgan fingerprint density at radius 1 is 1.39 bits per heavy atom. The van der Waals surface area contributed by atoms with Crippen LogP contribution in [0.15, 0.2) is 36.7 Å². The number of hydrogen-bond donors (Lipinski definition) is 2. The van der Waals surface area contributed by atoms with Gasteiger partial charge < -0.3 is 15.2 Å². The Morgan fingerprint density at radius 3 is 2.96 bits per heavy atom. The van der Waals surface area contributed by atoms with Crippen LogP contribution in [0.4, 0.5) is 5.69 Å². The molecule has 2 aromatic rings. The second-order valence-corrected chi connectivity index (χ2v) is 6.36. The standard InChI is InChI=1S/C17H21ClN4O/c18-14-3-5-15(6-4-14)21-16(23)7-11-22-10-1-2-13(12-22)17-19-8-9-20-17/h3-6,8-9,13H,1-2,7,10-12H2,(H,19,20)(H,21,23). The first-order valence-electron chi connectivity index (χ1n) is 7.98. The van der Waals surface area contributed by atoms with Gasteiger partial charge in [0.15, 0.2) is 0 Å². The van der Waals surface area contributed by atoms with Crippen LogP contribution in [0, 0.1) is 0 Å². The summed E-state index contributed by atoms with van der Waals surface area (Å²) >= 11 is 5.84. The van der Waals surface area contributed by atoms with E-state index >= 15 is 0 Å². The van der Waals surface area contributed by atoms with E-state index in [0.717, 1.165) is 44.0 Å². The molecule has 1 aromatic heterocycles. The number of likely N-dealkylation sites (tertiary alicyclic amines) is 1. The molecule has 1 aliphatic heterocycles. The van der Waals surface area contributed by atoms with Crippen molar-refractivity contribution in [2.45, 2.75) is 25.2 Å². The summed E-state index contributed by atoms with van der Waals surface area (Å²) in [4.78, 5) is 22.0. The van der Waals surface area contributed by atoms with E-state index in [9.17, 15) is 4.79 Å². The number of benzene rings is 1. The first kappa shape index (κ1) is 16.0. The van der Waals surface area contributed by atoms with E-state index in [1.165, 1.54) is 0 Å². The molecule has 23 heavy (non-hydrogen) atoms. The number of hydrogen-bond acceptors (Lipinski definition) is 3. The Morgan fingerprint density at radius 2 is 2.22 bits per heavy atom. The summed E-state index contributed by atoms with van der Waals surface area (Å²) in [5.74, 6) is 1.53. The summed E-state index contributed by atoms with van der Waals surface area (Å²) in [5.41, 5.74) is 0.784. The number of amides is 1. The molecule has 3 rings (SSSR count). The van der Waals surface area contributed by atoms with Gasteiger partial charge in [-0.05, 0) is 43.7 Å². The molecule has 1 aliphatic rings. The molecule has 1 fully saturated rings. The molecule has 0 saturated carbocycles. The van der Waals surface area contributed by atoms with Crippen molar-refractivity contribution in [1.29, 1.82) is 0 Å². The number of halogens is 1. The minimum atomic E-state index is 0.0347. The van der Waals surface area contributed by atoms with Gasteiger partial charge in [0.05, 0.1) is 0 Å². The fourth-order valence-electron chi connectivity index (χ4n) is 3.00. The topological polar surface area (TPSA) is 61.0 Å². The average Bonchev–Trinajstić information content (AvgIpc) is 3.10. The smallest absolute Gasteiger partial charge is 0.225 e. The van der Waals surface area contributed by atoms with Crippen molar-refractivity contribution in [3.63, 3.8) is 0 Å². The molecule has 6 heteroatoms. The first-order valence-corrected chi connectivity index (χ1v) is 8.35. The van der Waals surface area contributed by atoms with Crippen molar-refractivity contribution >= 4 is 23.2 Å². The summed E-state index contributed by atoms with van der Waals surface area (Å²) < 4.78 is 0. The van der Waals surface area contributed by atoms with E-state index < -0.39 is 0 Å². The highest BCUT2D eigenvalue weighted by Gasteiger charge is 2.23. The third-order valence-electron chi connectivity index (χ3n) is 4.19. The molecule has 0 aliphatic carbocycles. The number of piperidine rings is 1. The third-order valence-corrected chi connectivity index (χ3v) is 4.45. The lowest BCUT2D eigenvalue weighted by Crippen LogP contribution is -2.36. The molecule has 5 nitrogen and oxygen atoms in total. The van der Waals surface area contributed by atoms with Crippen molar-refractivity contribution in [3.05, 3.63) is 47.5 Å². The summed E-state index contributed by atoms with van der Waals surface area (Å²) in [6, 6.07) is 7.17. The van der Waals surface area contributed by atoms with Crippen molar-refractivity contribution < 1.29 is 4.79 Å². The van der Waals surface area contributed by atoms with Crippen LogP contribution in [0.5, 0.6) is 0 Å². The number of imidazole rings is 1. The monoisotopic (exact) mass is 332 g/mol. The zero-order valence-electron chi connectivity index (χ0n) is 13.0. The summed E-state index contributed by atoms with van der Waals surface area (Å²) in [6.45, 7) is 2.78. The maximum absolute atomic E-state index is 12.1. The zero-order chi connectivity index (χ0) is 16.1. The number of aromatic nitrogens is 2. The lowest BCUT2D eigenvalue weighted by Gasteiger charge is -2.31. The molecule has 122 valence electrons. The number of carbonyl (C=O) groups is 1. The van der Waals surface area contributed by atoms with Crippen LogP contribution < -0.4 is 5.32 Å². The highest BCUT2D eigenvalue weighted by Crippen LogP contribution is 2.24. The van der Waals surface area contributed by atoms with Gasteiger partial charge in [0.1, 0.15) is 5.82 Å². The predicted octanol–water partition coefficient (Wildman–Crippen LogP) is 3.27. The Kier molecular flexibility index (Phi) is 5.31. The van der Waals surface area contributed by atoms with Crippen LogP contribution in [0.3, 0.4) is 0 Å². The molecule has 1 saturated heterocycles. The molecular formula is C17H21ClN4O. The second kappa shape index (κ2) is 7.62. The van der Waals surface area contributed by atoms with Crippen LogP contribution in [-0.2, 0) is 4.79 Å². The quantitative estimate of drug-likeness (QED) is 0.883. The number of H-pyrrole nitrogens is 1. The Labute approximate surface area is 141 Å². The number of carbonyl (C=O) groups excluding carboxylic acids is 1. The molecule has 1 atom stereocenters. The summed E-state index contributed by atoms with van der Waals surface area (Å²) in [5, 5.41) is 3.57. The summed E-state index contributed by atoms with van der Waals surface area (Å²) in [6.07, 6.45) is 6.46. The molecular weight excluding hydrogens is 312 g/mol. The van der Waals surface area contributed by atoms with Crippen molar-refractivity contribution in [2.24, 2.45) is 0 Å². The lowest BCUT2D eigenvalue weighted by atomic mass is 9.97. The van der Waals surface area contributed by atoms with Gasteiger partial charge in [-0.15, -0.1) is 0 Å². The van der Waals surface area contributed by atoms with Crippen LogP contribution in [0.25, 0.3) is 0 Å². The maximum Gasteiger partial charge on any atom is 0.225 e. The minimum absolute atomic E-state index is 0.0347. The molecule has 1 amide bonds. The second-order valence-electron chi connectivity index (χ2n) is 5.92. The number of nitrogens with zero attached hydrogens (tertiary/aromatic N) is 2. The fraction of sp³-hybridized carbons (Fsp3) is 0.412. The largest absolute Gasteiger partial charge is 0.348 e. The van der Waals surface area contributed by atoms with E-state index in [4.69, 9.17) is 11.6 Å². The maximum atomic E-state index is 12.1. The van der Waals surface area contributed by atoms with Gasteiger partial charge in [-0.25, -0.2) is 4.98 Å². The Hall–Kier alpha value is -1.85. The van der Waals surface area contributed by atoms with E-state index in [2.05, 4.69) is 20.2 Å². The average molecular weight is 333 g/mol. The molecule has 1 aromatic carbocycles. The normalized spacial score (nSPS) is 18.7. The van der Waals surface area contributed by atoms with Gasteiger partial charge in [-0.3, -0.25) is 4.79 Å². The van der Waals surface area contributed by atoms with E-state index in [0.29, 0.717) is 17.4 Å². The van der Waals surface area contributed by atoms with E-state index in [1.54, 1.807) is 18.3 Å². The van der Waals surface area contributed by atoms with Crippen LogP contribution in [0.1, 0.15) is 31.0 Å². The Balaban J connectivity index is 1.46. The highest BCUT2D eigenvalue weighted by atomic mass is 35.5. The van der Waals surface area contributed by atoms with E-state index in [1.807, 2.05) is 18.3 Å². The number of anilines is 1. The lowest BCUT2D eigenvalue weighted by molar-refractivity contribution is -0.116. The van der Waals surface area contributed by atoms with Crippen molar-refractivity contribution in [2.75, 3.05) is 25.0 Å². The third kappa shape index (κ3) is 4.56. The van der Waals surface area contributed by atoms with E-state index in [-0.39, 0.29) is 5.91 Å². The number of aromatic amines is 1. The SMILES string of the molecule is O=C(CCN1CCCC(c2ncc[nH]2)C1)Nc1ccc(Cl)cc1. The van der Waals surface area contributed by atoms with Gasteiger partial charge in [-0.1, -0.05) is 11.6 Å². The van der Waals surface area contributed by atoms with Crippen LogP contribution in [0.2, 0.25) is 5.02 Å². The van der Waals surface area contributed by atoms with Gasteiger partial charge in [0.2, 0.25) is 5.91 Å². The van der Waals surface area contributed by atoms with Gasteiger partial charge in [0, 0.05) is 48.5 Å². The van der Waals surface area contributed by atoms with Crippen molar-refractivity contribution in [3.8, 4) is 0 Å². The predicted molar refractivity (Wildman–Crippen MR) is 91.7 cm³/mol.